The highest BCUT2D eigenvalue weighted by Crippen LogP contribution is 2.46. The molecule has 0 amide bonds. The molecule has 0 radical (unpaired) electrons. The van der Waals surface area contributed by atoms with Gasteiger partial charge in [-0.15, -0.1) is 11.8 Å². The largest absolute Gasteiger partial charge is 0.497 e. The van der Waals surface area contributed by atoms with Gasteiger partial charge in [0.15, 0.2) is 0 Å². The molecule has 0 fully saturated rings. The number of thioether (sulfide) groups is 1. The third kappa shape index (κ3) is 2.61. The fourth-order valence-corrected chi connectivity index (χ4v) is 3.93. The summed E-state index contributed by atoms with van der Waals surface area (Å²) in [5.74, 6) is 0.962. The van der Waals surface area contributed by atoms with Crippen LogP contribution >= 0.6 is 11.8 Å². The van der Waals surface area contributed by atoms with Crippen molar-refractivity contribution in [2.75, 3.05) is 13.7 Å². The Balaban J connectivity index is 2.27. The predicted octanol–water partition coefficient (Wildman–Crippen LogP) is 3.62. The number of hydrogen-bond acceptors (Lipinski definition) is 3. The first-order chi connectivity index (χ1) is 8.30. The summed E-state index contributed by atoms with van der Waals surface area (Å²) in [5.41, 5.74) is 1.41. The minimum absolute atomic E-state index is 0.482. The van der Waals surface area contributed by atoms with Crippen LogP contribution < -0.4 is 10.1 Å². The minimum Gasteiger partial charge on any atom is -0.497 e. The van der Waals surface area contributed by atoms with Gasteiger partial charge in [0, 0.05) is 16.2 Å². The SMILES string of the molecule is CCCC1Sc2ccc(OC)cc2C1NCC. The van der Waals surface area contributed by atoms with Crippen molar-refractivity contribution in [3.8, 4) is 5.75 Å². The van der Waals surface area contributed by atoms with Crippen molar-refractivity contribution >= 4 is 11.8 Å². The molecular weight excluding hydrogens is 230 g/mol. The molecule has 2 atom stereocenters. The topological polar surface area (TPSA) is 21.3 Å². The molecule has 94 valence electrons. The maximum absolute atomic E-state index is 5.32. The van der Waals surface area contributed by atoms with Crippen LogP contribution in [0.1, 0.15) is 38.3 Å². The van der Waals surface area contributed by atoms with E-state index in [1.54, 1.807) is 7.11 Å². The highest BCUT2D eigenvalue weighted by atomic mass is 32.2. The molecule has 0 saturated carbocycles. The van der Waals surface area contributed by atoms with Gasteiger partial charge in [-0.25, -0.2) is 0 Å². The monoisotopic (exact) mass is 251 g/mol. The van der Waals surface area contributed by atoms with Crippen molar-refractivity contribution in [1.29, 1.82) is 0 Å². The maximum atomic E-state index is 5.32. The summed E-state index contributed by atoms with van der Waals surface area (Å²) >= 11 is 2.01. The van der Waals surface area contributed by atoms with Crippen LogP contribution in [0.3, 0.4) is 0 Å². The summed E-state index contributed by atoms with van der Waals surface area (Å²) in [6.45, 7) is 5.45. The second-order valence-electron chi connectivity index (χ2n) is 4.38. The van der Waals surface area contributed by atoms with Gasteiger partial charge in [0.05, 0.1) is 7.11 Å². The lowest BCUT2D eigenvalue weighted by molar-refractivity contribution is 0.412. The summed E-state index contributed by atoms with van der Waals surface area (Å²) < 4.78 is 5.32. The van der Waals surface area contributed by atoms with Crippen LogP contribution in [0.25, 0.3) is 0 Å². The van der Waals surface area contributed by atoms with Crippen LogP contribution in [0.2, 0.25) is 0 Å². The van der Waals surface area contributed by atoms with E-state index in [4.69, 9.17) is 4.74 Å². The maximum Gasteiger partial charge on any atom is 0.119 e. The second kappa shape index (κ2) is 5.78. The molecule has 0 bridgehead atoms. The molecule has 1 aliphatic rings. The predicted molar refractivity (Wildman–Crippen MR) is 74.0 cm³/mol. The van der Waals surface area contributed by atoms with Crippen molar-refractivity contribution in [1.82, 2.24) is 5.32 Å². The Labute approximate surface area is 108 Å². The first-order valence-electron chi connectivity index (χ1n) is 6.38. The van der Waals surface area contributed by atoms with Crippen LogP contribution in [0, 0.1) is 0 Å². The third-order valence-electron chi connectivity index (χ3n) is 3.20. The zero-order valence-electron chi connectivity index (χ0n) is 10.8. The van der Waals surface area contributed by atoms with Gasteiger partial charge in [-0.1, -0.05) is 20.3 Å². The quantitative estimate of drug-likeness (QED) is 0.863. The van der Waals surface area contributed by atoms with E-state index in [-0.39, 0.29) is 0 Å². The summed E-state index contributed by atoms with van der Waals surface area (Å²) in [4.78, 5) is 1.41. The number of nitrogens with one attached hydrogen (secondary N) is 1. The Hall–Kier alpha value is -0.670. The van der Waals surface area contributed by atoms with E-state index in [2.05, 4.69) is 37.4 Å². The normalized spacial score (nSPS) is 22.5. The lowest BCUT2D eigenvalue weighted by Crippen LogP contribution is -2.26. The first-order valence-corrected chi connectivity index (χ1v) is 7.26. The average Bonchev–Trinajstić information content (AvgIpc) is 2.68. The molecule has 3 heteroatoms. The molecule has 1 heterocycles. The first kappa shape index (κ1) is 12.8. The molecule has 1 aromatic carbocycles. The molecule has 2 unspecified atom stereocenters. The fraction of sp³-hybridized carbons (Fsp3) is 0.571. The van der Waals surface area contributed by atoms with Crippen molar-refractivity contribution < 1.29 is 4.74 Å². The van der Waals surface area contributed by atoms with Gasteiger partial charge >= 0.3 is 0 Å². The summed E-state index contributed by atoms with van der Waals surface area (Å²) in [6.07, 6.45) is 2.50. The molecular formula is C14H21NOS. The molecule has 0 spiro atoms. The summed E-state index contributed by atoms with van der Waals surface area (Å²) in [7, 11) is 1.73. The van der Waals surface area contributed by atoms with E-state index >= 15 is 0 Å². The Kier molecular flexibility index (Phi) is 4.35. The van der Waals surface area contributed by atoms with Gasteiger partial charge in [0.25, 0.3) is 0 Å². The molecule has 0 saturated heterocycles. The van der Waals surface area contributed by atoms with E-state index in [1.807, 2.05) is 11.8 Å². The molecule has 0 aromatic heterocycles. The smallest absolute Gasteiger partial charge is 0.119 e. The van der Waals surface area contributed by atoms with Gasteiger partial charge in [-0.2, -0.15) is 0 Å². The minimum atomic E-state index is 0.482. The van der Waals surface area contributed by atoms with E-state index < -0.39 is 0 Å². The fourth-order valence-electron chi connectivity index (χ4n) is 2.41. The molecule has 17 heavy (non-hydrogen) atoms. The highest BCUT2D eigenvalue weighted by molar-refractivity contribution is 8.00. The standard InChI is InChI=1S/C14H21NOS/c1-4-6-13-14(15-5-2)11-9-10(16-3)7-8-12(11)17-13/h7-9,13-15H,4-6H2,1-3H3. The Morgan fingerprint density at radius 1 is 1.35 bits per heavy atom. The number of methoxy groups -OCH3 is 1. The molecule has 2 rings (SSSR count). The van der Waals surface area contributed by atoms with E-state index in [9.17, 15) is 0 Å². The number of benzene rings is 1. The van der Waals surface area contributed by atoms with E-state index in [1.165, 1.54) is 23.3 Å². The highest BCUT2D eigenvalue weighted by Gasteiger charge is 2.32. The zero-order valence-corrected chi connectivity index (χ0v) is 11.6. The van der Waals surface area contributed by atoms with Gasteiger partial charge in [0.1, 0.15) is 5.75 Å². The number of ether oxygens (including phenoxy) is 1. The van der Waals surface area contributed by atoms with Crippen LogP contribution in [0.15, 0.2) is 23.1 Å². The Morgan fingerprint density at radius 3 is 2.82 bits per heavy atom. The zero-order chi connectivity index (χ0) is 12.3. The number of rotatable bonds is 5. The molecule has 2 nitrogen and oxygen atoms in total. The van der Waals surface area contributed by atoms with Gasteiger partial charge in [-0.3, -0.25) is 0 Å². The Bertz CT molecular complexity index is 380. The van der Waals surface area contributed by atoms with Crippen LogP contribution in [-0.2, 0) is 0 Å². The molecule has 1 N–H and O–H groups in total. The van der Waals surface area contributed by atoms with Crippen LogP contribution in [0.5, 0.6) is 5.75 Å². The lowest BCUT2D eigenvalue weighted by atomic mass is 10.0. The van der Waals surface area contributed by atoms with Crippen molar-refractivity contribution in [2.45, 2.75) is 42.9 Å². The van der Waals surface area contributed by atoms with Crippen molar-refractivity contribution in [2.24, 2.45) is 0 Å². The molecule has 0 aliphatic carbocycles. The Morgan fingerprint density at radius 2 is 2.18 bits per heavy atom. The second-order valence-corrected chi connectivity index (χ2v) is 5.67. The van der Waals surface area contributed by atoms with E-state index in [0.717, 1.165) is 12.3 Å². The van der Waals surface area contributed by atoms with Gasteiger partial charge < -0.3 is 10.1 Å². The van der Waals surface area contributed by atoms with E-state index in [0.29, 0.717) is 11.3 Å². The van der Waals surface area contributed by atoms with Crippen molar-refractivity contribution in [3.63, 3.8) is 0 Å². The number of fused-ring (bicyclic) bond motifs is 1. The average molecular weight is 251 g/mol. The molecule has 1 aromatic rings. The number of hydrogen-bond donors (Lipinski definition) is 1. The summed E-state index contributed by atoms with van der Waals surface area (Å²) in [6, 6.07) is 6.92. The van der Waals surface area contributed by atoms with Crippen LogP contribution in [-0.4, -0.2) is 18.9 Å². The lowest BCUT2D eigenvalue weighted by Gasteiger charge is -2.20. The van der Waals surface area contributed by atoms with Gasteiger partial charge in [0.2, 0.25) is 0 Å². The molecule has 1 aliphatic heterocycles. The third-order valence-corrected chi connectivity index (χ3v) is 4.64. The van der Waals surface area contributed by atoms with Crippen LogP contribution in [0.4, 0.5) is 0 Å². The van der Waals surface area contributed by atoms with Crippen molar-refractivity contribution in [3.05, 3.63) is 23.8 Å². The van der Waals surface area contributed by atoms with Gasteiger partial charge in [-0.05, 0) is 36.7 Å². The summed E-state index contributed by atoms with van der Waals surface area (Å²) in [5, 5.41) is 4.28.